The van der Waals surface area contributed by atoms with Crippen molar-refractivity contribution in [2.24, 2.45) is 0 Å². The first-order chi connectivity index (χ1) is 22.8. The number of likely N-dealkylation sites (N-methyl/N-ethyl adjacent to an activating group) is 1. The molecule has 1 spiro atoms. The molecule has 2 N–H and O–H groups in total. The Morgan fingerprint density at radius 1 is 0.957 bits per heavy atom. The second-order valence-electron chi connectivity index (χ2n) is 11.9. The van der Waals surface area contributed by atoms with Gasteiger partial charge in [-0.25, -0.2) is 14.6 Å². The number of aromatic amines is 1. The van der Waals surface area contributed by atoms with Crippen LogP contribution < -0.4 is 5.32 Å². The Morgan fingerprint density at radius 3 is 2.53 bits per heavy atom. The highest BCUT2D eigenvalue weighted by Gasteiger charge is 2.46. The molecule has 250 valence electrons. The van der Waals surface area contributed by atoms with Crippen molar-refractivity contribution in [3.05, 3.63) is 58.9 Å². The molecule has 7 rings (SSSR count). The molecule has 0 radical (unpaired) electrons. The number of benzene rings is 1. The minimum Gasteiger partial charge on any atom is -0.437 e. The fourth-order valence-electron chi connectivity index (χ4n) is 6.15. The van der Waals surface area contributed by atoms with Crippen LogP contribution in [0.4, 0.5) is 15.4 Å². The third-order valence-electron chi connectivity index (χ3n) is 8.70. The molecular formula is C33H40N6O8. The maximum Gasteiger partial charge on any atom is 0.413 e. The molecule has 4 aliphatic heterocycles. The SMILES string of the molecule is Cc1cc(C[C@H]2OC(=O)N3CCC4(CC3)OC(=O)Nc3ncc(cc34)/C=C/COCCOCCOCCN(C)C2=O)cc2cn[nH]c12. The Morgan fingerprint density at radius 2 is 1.72 bits per heavy atom. The molecule has 0 unspecified atom stereocenters. The summed E-state index contributed by atoms with van der Waals surface area (Å²) in [5, 5.41) is 10.7. The normalized spacial score (nSPS) is 24.3. The van der Waals surface area contributed by atoms with Gasteiger partial charge in [-0.05, 0) is 35.7 Å². The van der Waals surface area contributed by atoms with E-state index in [4.69, 9.17) is 23.7 Å². The Labute approximate surface area is 272 Å². The zero-order valence-corrected chi connectivity index (χ0v) is 26.7. The first-order valence-corrected chi connectivity index (χ1v) is 15.8. The van der Waals surface area contributed by atoms with Gasteiger partial charge in [-0.1, -0.05) is 18.2 Å². The Hall–Kier alpha value is -4.53. The number of ether oxygens (including phenoxy) is 5. The van der Waals surface area contributed by atoms with Crippen LogP contribution in [-0.2, 0) is 40.5 Å². The van der Waals surface area contributed by atoms with Gasteiger partial charge in [0.15, 0.2) is 6.10 Å². The quantitative estimate of drug-likeness (QED) is 0.395. The molecule has 2 aromatic heterocycles. The maximum absolute atomic E-state index is 13.7. The molecular weight excluding hydrogens is 608 g/mol. The number of carbonyl (C=O) groups excluding carboxylic acids is 3. The van der Waals surface area contributed by atoms with Crippen molar-refractivity contribution in [1.29, 1.82) is 0 Å². The molecule has 14 nitrogen and oxygen atoms in total. The molecule has 4 aliphatic rings. The summed E-state index contributed by atoms with van der Waals surface area (Å²) in [6, 6.07) is 5.85. The lowest BCUT2D eigenvalue weighted by Crippen LogP contribution is -2.51. The number of hydrogen-bond acceptors (Lipinski definition) is 10. The summed E-state index contributed by atoms with van der Waals surface area (Å²) in [6.07, 6.45) is 5.79. The molecule has 6 heterocycles. The smallest absolute Gasteiger partial charge is 0.413 e. The Kier molecular flexibility index (Phi) is 9.99. The average Bonchev–Trinajstić information content (AvgIpc) is 3.54. The predicted molar refractivity (Wildman–Crippen MR) is 171 cm³/mol. The number of hydrogen-bond donors (Lipinski definition) is 2. The fraction of sp³-hybridized carbons (Fsp3) is 0.485. The summed E-state index contributed by atoms with van der Waals surface area (Å²) in [7, 11) is 1.67. The minimum absolute atomic E-state index is 0.185. The monoisotopic (exact) mass is 648 g/mol. The van der Waals surface area contributed by atoms with Crippen molar-refractivity contribution in [1.82, 2.24) is 25.0 Å². The third-order valence-corrected chi connectivity index (χ3v) is 8.70. The van der Waals surface area contributed by atoms with Crippen LogP contribution in [-0.4, -0.2) is 116 Å². The van der Waals surface area contributed by atoms with E-state index in [1.54, 1.807) is 24.3 Å². The number of anilines is 1. The van der Waals surface area contributed by atoms with E-state index in [-0.39, 0.29) is 25.4 Å². The number of aryl methyl sites for hydroxylation is 1. The van der Waals surface area contributed by atoms with E-state index in [1.165, 1.54) is 4.90 Å². The van der Waals surface area contributed by atoms with Gasteiger partial charge >= 0.3 is 12.2 Å². The lowest BCUT2D eigenvalue weighted by Gasteiger charge is -2.43. The van der Waals surface area contributed by atoms with Crippen molar-refractivity contribution in [3.8, 4) is 0 Å². The van der Waals surface area contributed by atoms with E-state index >= 15 is 0 Å². The standard InChI is InChI=1S/C33H40N6O8/c1-22-16-24(17-25-21-35-37-28(22)25)19-27-30(40)38(2)9-11-44-13-15-45-14-12-43-10-3-4-23-18-26-29(34-20-23)36-31(41)47-33(26)5-7-39(8-6-33)32(42)46-27/h3-4,16-18,20-21,27H,5-15,19H2,1-2H3,(H,35,37)(H,34,36,41)/b4-3+/t27-/m1/s1. The molecule has 14 heteroatoms. The number of rotatable bonds is 2. The van der Waals surface area contributed by atoms with Gasteiger partial charge in [-0.15, -0.1) is 0 Å². The topological polar surface area (TPSA) is 157 Å². The van der Waals surface area contributed by atoms with Crippen LogP contribution >= 0.6 is 0 Å². The first-order valence-electron chi connectivity index (χ1n) is 15.8. The molecule has 1 saturated heterocycles. The third kappa shape index (κ3) is 7.56. The summed E-state index contributed by atoms with van der Waals surface area (Å²) in [4.78, 5) is 47.4. The van der Waals surface area contributed by atoms with E-state index in [1.807, 2.05) is 37.3 Å². The van der Waals surface area contributed by atoms with Gasteiger partial charge in [0.05, 0.1) is 51.4 Å². The highest BCUT2D eigenvalue weighted by Crippen LogP contribution is 2.43. The summed E-state index contributed by atoms with van der Waals surface area (Å²) in [6.45, 7) is 5.09. The van der Waals surface area contributed by atoms with Gasteiger partial charge in [0.2, 0.25) is 0 Å². The van der Waals surface area contributed by atoms with E-state index in [2.05, 4.69) is 20.5 Å². The molecule has 4 bridgehead atoms. The van der Waals surface area contributed by atoms with Crippen LogP contribution in [0.5, 0.6) is 0 Å². The summed E-state index contributed by atoms with van der Waals surface area (Å²) < 4.78 is 28.8. The fourth-order valence-corrected chi connectivity index (χ4v) is 6.15. The number of nitrogens with one attached hydrogen (secondary N) is 2. The molecule has 1 fully saturated rings. The molecule has 0 saturated carbocycles. The largest absolute Gasteiger partial charge is 0.437 e. The molecule has 3 amide bonds. The van der Waals surface area contributed by atoms with Crippen LogP contribution in [0.3, 0.4) is 0 Å². The Balaban J connectivity index is 1.23. The van der Waals surface area contributed by atoms with Crippen molar-refractivity contribution in [3.63, 3.8) is 0 Å². The van der Waals surface area contributed by atoms with Crippen molar-refractivity contribution >= 4 is 40.9 Å². The number of aromatic nitrogens is 3. The zero-order valence-electron chi connectivity index (χ0n) is 26.7. The molecule has 1 atom stereocenters. The first kappa shape index (κ1) is 32.4. The van der Waals surface area contributed by atoms with Gasteiger partial charge < -0.3 is 33.5 Å². The Bertz CT molecular complexity index is 1630. The van der Waals surface area contributed by atoms with Gasteiger partial charge in [0, 0.05) is 63.1 Å². The second kappa shape index (κ2) is 14.5. The second-order valence-corrected chi connectivity index (χ2v) is 11.9. The van der Waals surface area contributed by atoms with E-state index in [0.29, 0.717) is 64.8 Å². The number of carbonyl (C=O) groups is 3. The van der Waals surface area contributed by atoms with Crippen LogP contribution in [0.15, 0.2) is 36.7 Å². The van der Waals surface area contributed by atoms with Crippen molar-refractivity contribution < 1.29 is 38.1 Å². The lowest BCUT2D eigenvalue weighted by atomic mass is 9.83. The van der Waals surface area contributed by atoms with Crippen molar-refractivity contribution in [2.75, 3.05) is 71.6 Å². The van der Waals surface area contributed by atoms with Crippen LogP contribution in [0, 0.1) is 6.92 Å². The van der Waals surface area contributed by atoms with Crippen molar-refractivity contribution in [2.45, 2.75) is 37.9 Å². The van der Waals surface area contributed by atoms with Gasteiger partial charge in [0.25, 0.3) is 5.91 Å². The highest BCUT2D eigenvalue weighted by molar-refractivity contribution is 5.88. The van der Waals surface area contributed by atoms with Gasteiger partial charge in [-0.2, -0.15) is 5.10 Å². The minimum atomic E-state index is -1.07. The summed E-state index contributed by atoms with van der Waals surface area (Å²) in [5.74, 6) is 0.0999. The number of H-pyrrole nitrogens is 1. The van der Waals surface area contributed by atoms with Gasteiger partial charge in [0.1, 0.15) is 11.4 Å². The number of piperidine rings is 1. The predicted octanol–water partition coefficient (Wildman–Crippen LogP) is 3.40. The zero-order chi connectivity index (χ0) is 32.8. The van der Waals surface area contributed by atoms with E-state index in [0.717, 1.165) is 33.2 Å². The van der Waals surface area contributed by atoms with Crippen LogP contribution in [0.2, 0.25) is 0 Å². The number of amides is 3. The van der Waals surface area contributed by atoms with E-state index in [9.17, 15) is 14.4 Å². The molecule has 3 aromatic rings. The van der Waals surface area contributed by atoms with E-state index < -0.39 is 23.9 Å². The molecule has 1 aromatic carbocycles. The summed E-state index contributed by atoms with van der Waals surface area (Å²) >= 11 is 0. The number of fused-ring (bicyclic) bond motifs is 18. The molecule has 0 aliphatic carbocycles. The van der Waals surface area contributed by atoms with Gasteiger partial charge in [-0.3, -0.25) is 15.2 Å². The lowest BCUT2D eigenvalue weighted by molar-refractivity contribution is -0.140. The summed E-state index contributed by atoms with van der Waals surface area (Å²) in [5.41, 5.74) is 3.34. The average molecular weight is 649 g/mol. The maximum atomic E-state index is 13.7. The highest BCUT2D eigenvalue weighted by atomic mass is 16.6. The van der Waals surface area contributed by atoms with Crippen LogP contribution in [0.1, 0.15) is 35.1 Å². The van der Waals surface area contributed by atoms with Crippen LogP contribution in [0.25, 0.3) is 17.0 Å². The molecule has 47 heavy (non-hydrogen) atoms. The number of pyridine rings is 1. The number of nitrogens with zero attached hydrogens (tertiary/aromatic N) is 4.